The summed E-state index contributed by atoms with van der Waals surface area (Å²) >= 11 is 0. The Morgan fingerprint density at radius 3 is 2.52 bits per heavy atom. The van der Waals surface area contributed by atoms with Crippen LogP contribution in [0.25, 0.3) is 0 Å². The summed E-state index contributed by atoms with van der Waals surface area (Å²) in [5.74, 6) is 0.892. The first-order valence-electron chi connectivity index (χ1n) is 8.23. The zero-order valence-electron chi connectivity index (χ0n) is 13.5. The van der Waals surface area contributed by atoms with E-state index >= 15 is 0 Å². The highest BCUT2D eigenvalue weighted by atomic mass is 16.2. The number of likely N-dealkylation sites (N-methyl/N-ethyl adjacent to an activating group) is 1. The highest BCUT2D eigenvalue weighted by Crippen LogP contribution is 2.35. The van der Waals surface area contributed by atoms with Crippen LogP contribution in [-0.4, -0.2) is 42.4 Å². The number of carbonyl (C=O) groups is 2. The molecule has 0 radical (unpaired) electrons. The molecule has 0 aromatic carbocycles. The fraction of sp³-hybridized carbons (Fsp3) is 0.875. The summed E-state index contributed by atoms with van der Waals surface area (Å²) in [6.07, 6.45) is 4.52. The number of nitrogens with two attached hydrogens (primary N) is 1. The molecule has 1 aliphatic carbocycles. The molecule has 2 aliphatic rings. The molecule has 21 heavy (non-hydrogen) atoms. The van der Waals surface area contributed by atoms with Crippen molar-refractivity contribution in [3.63, 3.8) is 0 Å². The lowest BCUT2D eigenvalue weighted by Crippen LogP contribution is -2.55. The molecule has 0 aromatic rings. The van der Waals surface area contributed by atoms with Crippen LogP contribution in [-0.2, 0) is 9.59 Å². The number of likely N-dealkylation sites (tertiary alicyclic amines) is 1. The maximum absolute atomic E-state index is 12.9. The molecule has 2 rings (SSSR count). The summed E-state index contributed by atoms with van der Waals surface area (Å²) in [4.78, 5) is 26.8. The molecule has 2 fully saturated rings. The molecule has 0 spiro atoms. The van der Waals surface area contributed by atoms with Crippen LogP contribution in [0.4, 0.5) is 0 Å². The number of nitrogens with zero attached hydrogens (tertiary/aromatic N) is 1. The number of piperidine rings is 1. The zero-order chi connectivity index (χ0) is 15.6. The van der Waals surface area contributed by atoms with Gasteiger partial charge in [0.25, 0.3) is 0 Å². The molecule has 0 bridgehead atoms. The van der Waals surface area contributed by atoms with Crippen LogP contribution >= 0.6 is 0 Å². The molecule has 5 nitrogen and oxygen atoms in total. The average molecular weight is 295 g/mol. The Kier molecular flexibility index (Phi) is 5.25. The molecule has 1 heterocycles. The standard InChI is InChI=1S/C16H29N3O2/c1-10-8-11(2)13(17)9-12(10)16(21)19-7-5-4-6-14(19)15(20)18-3/h10-14H,4-9,17H2,1-3H3,(H,18,20). The van der Waals surface area contributed by atoms with Gasteiger partial charge in [0.05, 0.1) is 0 Å². The van der Waals surface area contributed by atoms with E-state index in [1.807, 2.05) is 4.90 Å². The summed E-state index contributed by atoms with van der Waals surface area (Å²) < 4.78 is 0. The van der Waals surface area contributed by atoms with Crippen LogP contribution in [0.5, 0.6) is 0 Å². The summed E-state index contributed by atoms with van der Waals surface area (Å²) in [7, 11) is 1.64. The highest BCUT2D eigenvalue weighted by Gasteiger charge is 2.40. The third-order valence-corrected chi connectivity index (χ3v) is 5.34. The third kappa shape index (κ3) is 3.39. The van der Waals surface area contributed by atoms with Gasteiger partial charge >= 0.3 is 0 Å². The van der Waals surface area contributed by atoms with Gasteiger partial charge in [-0.05, 0) is 43.9 Å². The average Bonchev–Trinajstić information content (AvgIpc) is 2.49. The number of carbonyl (C=O) groups excluding carboxylic acids is 2. The first-order chi connectivity index (χ1) is 9.95. The summed E-state index contributed by atoms with van der Waals surface area (Å²) in [6.45, 7) is 5.00. The van der Waals surface area contributed by atoms with Gasteiger partial charge in [0.15, 0.2) is 0 Å². The number of amides is 2. The second-order valence-electron chi connectivity index (χ2n) is 6.85. The minimum Gasteiger partial charge on any atom is -0.357 e. The lowest BCUT2D eigenvalue weighted by molar-refractivity contribution is -0.148. The van der Waals surface area contributed by atoms with Gasteiger partial charge in [0.2, 0.25) is 11.8 Å². The lowest BCUT2D eigenvalue weighted by atomic mass is 9.72. The Labute approximate surface area is 127 Å². The Morgan fingerprint density at radius 2 is 1.86 bits per heavy atom. The van der Waals surface area contributed by atoms with Crippen LogP contribution in [0.15, 0.2) is 0 Å². The molecule has 1 saturated carbocycles. The first kappa shape index (κ1) is 16.3. The van der Waals surface area contributed by atoms with Crippen molar-refractivity contribution in [3.05, 3.63) is 0 Å². The van der Waals surface area contributed by atoms with Gasteiger partial charge in [-0.25, -0.2) is 0 Å². The summed E-state index contributed by atoms with van der Waals surface area (Å²) in [5, 5.41) is 2.69. The van der Waals surface area contributed by atoms with Crippen molar-refractivity contribution in [2.24, 2.45) is 23.5 Å². The number of nitrogens with one attached hydrogen (secondary N) is 1. The minimum atomic E-state index is -0.293. The largest absolute Gasteiger partial charge is 0.357 e. The van der Waals surface area contributed by atoms with Gasteiger partial charge in [-0.3, -0.25) is 9.59 Å². The smallest absolute Gasteiger partial charge is 0.242 e. The topological polar surface area (TPSA) is 75.4 Å². The molecule has 120 valence electrons. The molecular formula is C16H29N3O2. The van der Waals surface area contributed by atoms with Crippen molar-refractivity contribution in [2.75, 3.05) is 13.6 Å². The van der Waals surface area contributed by atoms with Crippen LogP contribution in [0.2, 0.25) is 0 Å². The van der Waals surface area contributed by atoms with Gasteiger partial charge in [0.1, 0.15) is 6.04 Å². The maximum atomic E-state index is 12.9. The predicted octanol–water partition coefficient (Wildman–Crippen LogP) is 1.12. The van der Waals surface area contributed by atoms with E-state index in [1.54, 1.807) is 7.05 Å². The predicted molar refractivity (Wildman–Crippen MR) is 82.4 cm³/mol. The van der Waals surface area contributed by atoms with E-state index in [0.29, 0.717) is 18.4 Å². The van der Waals surface area contributed by atoms with Gasteiger partial charge < -0.3 is 16.0 Å². The van der Waals surface area contributed by atoms with E-state index < -0.39 is 0 Å². The molecule has 5 heteroatoms. The third-order valence-electron chi connectivity index (χ3n) is 5.34. The van der Waals surface area contributed by atoms with Crippen molar-refractivity contribution < 1.29 is 9.59 Å². The van der Waals surface area contributed by atoms with Crippen molar-refractivity contribution >= 4 is 11.8 Å². The Bertz CT molecular complexity index is 399. The Morgan fingerprint density at radius 1 is 1.14 bits per heavy atom. The molecule has 0 aromatic heterocycles. The number of rotatable bonds is 2. The SMILES string of the molecule is CNC(=O)C1CCCCN1C(=O)C1CC(N)C(C)CC1C. The van der Waals surface area contributed by atoms with Crippen LogP contribution in [0.1, 0.15) is 46.0 Å². The molecule has 5 atom stereocenters. The van der Waals surface area contributed by atoms with Gasteiger partial charge in [-0.2, -0.15) is 0 Å². The van der Waals surface area contributed by atoms with E-state index in [2.05, 4.69) is 19.2 Å². The number of hydrogen-bond donors (Lipinski definition) is 2. The van der Waals surface area contributed by atoms with Gasteiger partial charge in [0, 0.05) is 25.6 Å². The second-order valence-corrected chi connectivity index (χ2v) is 6.85. The van der Waals surface area contributed by atoms with E-state index in [4.69, 9.17) is 5.73 Å². The van der Waals surface area contributed by atoms with Crippen molar-refractivity contribution in [2.45, 2.75) is 58.0 Å². The number of hydrogen-bond acceptors (Lipinski definition) is 3. The fourth-order valence-corrected chi connectivity index (χ4v) is 3.88. The fourth-order valence-electron chi connectivity index (χ4n) is 3.88. The molecule has 1 aliphatic heterocycles. The van der Waals surface area contributed by atoms with Crippen LogP contribution in [0, 0.1) is 17.8 Å². The van der Waals surface area contributed by atoms with Crippen molar-refractivity contribution in [1.82, 2.24) is 10.2 Å². The van der Waals surface area contributed by atoms with Crippen molar-refractivity contribution in [3.8, 4) is 0 Å². The molecule has 5 unspecified atom stereocenters. The maximum Gasteiger partial charge on any atom is 0.242 e. The lowest BCUT2D eigenvalue weighted by Gasteiger charge is -2.42. The summed E-state index contributed by atoms with van der Waals surface area (Å²) in [5.41, 5.74) is 6.17. The van der Waals surface area contributed by atoms with E-state index in [9.17, 15) is 9.59 Å². The van der Waals surface area contributed by atoms with Crippen molar-refractivity contribution in [1.29, 1.82) is 0 Å². The molecule has 2 amide bonds. The highest BCUT2D eigenvalue weighted by molar-refractivity contribution is 5.88. The van der Waals surface area contributed by atoms with Crippen LogP contribution in [0.3, 0.4) is 0 Å². The van der Waals surface area contributed by atoms with Gasteiger partial charge in [-0.15, -0.1) is 0 Å². The molecule has 1 saturated heterocycles. The monoisotopic (exact) mass is 295 g/mol. The Balaban J connectivity index is 2.11. The normalized spacial score (nSPS) is 37.1. The van der Waals surface area contributed by atoms with Gasteiger partial charge in [-0.1, -0.05) is 13.8 Å². The quantitative estimate of drug-likeness (QED) is 0.801. The van der Waals surface area contributed by atoms with Crippen LogP contribution < -0.4 is 11.1 Å². The molecule has 3 N–H and O–H groups in total. The molecular weight excluding hydrogens is 266 g/mol. The first-order valence-corrected chi connectivity index (χ1v) is 8.23. The zero-order valence-corrected chi connectivity index (χ0v) is 13.5. The second kappa shape index (κ2) is 6.77. The Hall–Kier alpha value is -1.10. The van der Waals surface area contributed by atoms with E-state index in [1.165, 1.54) is 0 Å². The minimum absolute atomic E-state index is 0.0264. The summed E-state index contributed by atoms with van der Waals surface area (Å²) in [6, 6.07) is -0.197. The van der Waals surface area contributed by atoms with E-state index in [0.717, 1.165) is 32.1 Å². The van der Waals surface area contributed by atoms with E-state index in [-0.39, 0.29) is 29.8 Å².